The maximum Gasteiger partial charge on any atom is 0.0643 e. The summed E-state index contributed by atoms with van der Waals surface area (Å²) in [6.45, 7) is 3.03. The van der Waals surface area contributed by atoms with Crippen LogP contribution in [-0.2, 0) is 0 Å². The molecule has 0 radical (unpaired) electrons. The molecule has 1 aromatic rings. The van der Waals surface area contributed by atoms with Gasteiger partial charge in [-0.3, -0.25) is 4.99 Å². The van der Waals surface area contributed by atoms with Crippen molar-refractivity contribution in [2.75, 3.05) is 6.54 Å². The zero-order chi connectivity index (χ0) is 9.10. The molecule has 1 heteroatoms. The molecule has 0 spiro atoms. The molecule has 0 bridgehead atoms. The van der Waals surface area contributed by atoms with Crippen molar-refractivity contribution in [3.05, 3.63) is 47.5 Å². The molecule has 0 saturated carbocycles. The third-order valence-electron chi connectivity index (χ3n) is 2.20. The van der Waals surface area contributed by atoms with Gasteiger partial charge in [0.25, 0.3) is 0 Å². The lowest BCUT2D eigenvalue weighted by Gasteiger charge is -2.05. The monoisotopic (exact) mass is 171 g/mol. The van der Waals surface area contributed by atoms with Crippen molar-refractivity contribution in [1.29, 1.82) is 0 Å². The molecule has 2 rings (SSSR count). The normalized spacial score (nSPS) is 15.6. The van der Waals surface area contributed by atoms with Crippen LogP contribution in [0.25, 0.3) is 0 Å². The van der Waals surface area contributed by atoms with Crippen LogP contribution < -0.4 is 0 Å². The number of benzene rings is 1. The molecule has 1 aliphatic rings. The van der Waals surface area contributed by atoms with E-state index in [1.165, 1.54) is 11.1 Å². The molecule has 0 saturated heterocycles. The number of dihydropyridines is 1. The fraction of sp³-hybridized carbons (Fsp3) is 0.250. The van der Waals surface area contributed by atoms with Crippen LogP contribution in [0.2, 0.25) is 0 Å². The summed E-state index contributed by atoms with van der Waals surface area (Å²) in [6, 6.07) is 8.51. The fourth-order valence-corrected chi connectivity index (χ4v) is 1.42. The molecule has 0 aliphatic carbocycles. The second kappa shape index (κ2) is 3.56. The third kappa shape index (κ3) is 1.86. The highest BCUT2D eigenvalue weighted by Crippen LogP contribution is 2.08. The van der Waals surface area contributed by atoms with E-state index < -0.39 is 0 Å². The van der Waals surface area contributed by atoms with Crippen LogP contribution in [0.4, 0.5) is 0 Å². The van der Waals surface area contributed by atoms with E-state index in [1.54, 1.807) is 0 Å². The van der Waals surface area contributed by atoms with E-state index in [0.29, 0.717) is 0 Å². The van der Waals surface area contributed by atoms with Gasteiger partial charge in [0, 0.05) is 6.54 Å². The third-order valence-corrected chi connectivity index (χ3v) is 2.20. The van der Waals surface area contributed by atoms with Gasteiger partial charge in [0.2, 0.25) is 0 Å². The summed E-state index contributed by atoms with van der Waals surface area (Å²) in [4.78, 5) is 4.46. The molecule has 1 nitrogen and oxygen atoms in total. The summed E-state index contributed by atoms with van der Waals surface area (Å²) in [5, 5.41) is 0. The number of hydrogen-bond donors (Lipinski definition) is 0. The smallest absolute Gasteiger partial charge is 0.0643 e. The number of rotatable bonds is 1. The van der Waals surface area contributed by atoms with Crippen molar-refractivity contribution in [2.45, 2.75) is 13.3 Å². The Hall–Kier alpha value is -1.37. The average molecular weight is 171 g/mol. The number of aryl methyl sites for hydroxylation is 1. The average Bonchev–Trinajstić information content (AvgIpc) is 2.20. The van der Waals surface area contributed by atoms with Gasteiger partial charge in [0.1, 0.15) is 0 Å². The van der Waals surface area contributed by atoms with E-state index in [9.17, 15) is 0 Å². The first kappa shape index (κ1) is 8.24. The van der Waals surface area contributed by atoms with Crippen molar-refractivity contribution < 1.29 is 0 Å². The van der Waals surface area contributed by atoms with Crippen molar-refractivity contribution >= 4 is 5.71 Å². The molecule has 66 valence electrons. The minimum atomic E-state index is 0.930. The van der Waals surface area contributed by atoms with Gasteiger partial charge in [-0.25, -0.2) is 0 Å². The fourth-order valence-electron chi connectivity index (χ4n) is 1.42. The Balaban J connectivity index is 2.30. The standard InChI is InChI=1S/C12H13N/c1-10-5-7-11(8-6-10)12-4-2-3-9-13-12/h2,4-8H,3,9H2,1H3. The number of hydrogen-bond acceptors (Lipinski definition) is 1. The Bertz CT molecular complexity index is 344. The summed E-state index contributed by atoms with van der Waals surface area (Å²) in [5.41, 5.74) is 3.64. The highest BCUT2D eigenvalue weighted by atomic mass is 14.7. The van der Waals surface area contributed by atoms with E-state index in [4.69, 9.17) is 0 Å². The maximum atomic E-state index is 4.46. The molecule has 0 N–H and O–H groups in total. The summed E-state index contributed by atoms with van der Waals surface area (Å²) >= 11 is 0. The van der Waals surface area contributed by atoms with Crippen LogP contribution in [-0.4, -0.2) is 12.3 Å². The van der Waals surface area contributed by atoms with E-state index in [1.807, 2.05) is 0 Å². The minimum absolute atomic E-state index is 0.930. The summed E-state index contributed by atoms with van der Waals surface area (Å²) < 4.78 is 0. The maximum absolute atomic E-state index is 4.46. The van der Waals surface area contributed by atoms with Crippen LogP contribution >= 0.6 is 0 Å². The SMILES string of the molecule is Cc1ccc(C2=NCCC=C2)cc1. The van der Waals surface area contributed by atoms with Crippen molar-refractivity contribution in [2.24, 2.45) is 4.99 Å². The zero-order valence-electron chi connectivity index (χ0n) is 7.83. The number of aliphatic imine (C=N–C) groups is 1. The highest BCUT2D eigenvalue weighted by molar-refractivity contribution is 6.09. The molecule has 1 heterocycles. The van der Waals surface area contributed by atoms with Crippen LogP contribution in [0, 0.1) is 6.92 Å². The van der Waals surface area contributed by atoms with Gasteiger partial charge in [-0.2, -0.15) is 0 Å². The van der Waals surface area contributed by atoms with Crippen LogP contribution in [0.1, 0.15) is 17.5 Å². The Morgan fingerprint density at radius 1 is 1.15 bits per heavy atom. The Kier molecular flexibility index (Phi) is 2.26. The Labute approximate surface area is 78.8 Å². The minimum Gasteiger partial charge on any atom is -0.284 e. The lowest BCUT2D eigenvalue weighted by molar-refractivity contribution is 0.994. The van der Waals surface area contributed by atoms with E-state index in [-0.39, 0.29) is 0 Å². The molecule has 1 aromatic carbocycles. The van der Waals surface area contributed by atoms with E-state index >= 15 is 0 Å². The first-order valence-corrected chi connectivity index (χ1v) is 4.64. The van der Waals surface area contributed by atoms with Gasteiger partial charge in [0.05, 0.1) is 5.71 Å². The molecule has 0 fully saturated rings. The summed E-state index contributed by atoms with van der Waals surface area (Å²) in [7, 11) is 0. The van der Waals surface area contributed by atoms with E-state index in [2.05, 4.69) is 48.3 Å². The van der Waals surface area contributed by atoms with Crippen LogP contribution in [0.15, 0.2) is 41.4 Å². The first-order valence-electron chi connectivity index (χ1n) is 4.64. The van der Waals surface area contributed by atoms with Gasteiger partial charge in [-0.05, 0) is 25.0 Å². The predicted octanol–water partition coefficient (Wildman–Crippen LogP) is 2.74. The number of nitrogens with zero attached hydrogens (tertiary/aromatic N) is 1. The number of allylic oxidation sites excluding steroid dienone is 1. The molecular formula is C12H13N. The first-order chi connectivity index (χ1) is 6.36. The largest absolute Gasteiger partial charge is 0.284 e. The van der Waals surface area contributed by atoms with Crippen molar-refractivity contribution in [3.63, 3.8) is 0 Å². The molecule has 0 aromatic heterocycles. The molecule has 1 aliphatic heterocycles. The highest BCUT2D eigenvalue weighted by Gasteiger charge is 2.01. The topological polar surface area (TPSA) is 12.4 Å². The van der Waals surface area contributed by atoms with Crippen LogP contribution in [0.3, 0.4) is 0 Å². The van der Waals surface area contributed by atoms with Gasteiger partial charge in [-0.15, -0.1) is 0 Å². The van der Waals surface area contributed by atoms with Gasteiger partial charge < -0.3 is 0 Å². The molecule has 0 atom stereocenters. The predicted molar refractivity (Wildman–Crippen MR) is 56.3 cm³/mol. The van der Waals surface area contributed by atoms with E-state index in [0.717, 1.165) is 18.7 Å². The lowest BCUT2D eigenvalue weighted by Crippen LogP contribution is -2.01. The zero-order valence-corrected chi connectivity index (χ0v) is 7.83. The second-order valence-corrected chi connectivity index (χ2v) is 3.32. The Morgan fingerprint density at radius 2 is 1.92 bits per heavy atom. The quantitative estimate of drug-likeness (QED) is 0.616. The molecular weight excluding hydrogens is 158 g/mol. The van der Waals surface area contributed by atoms with Crippen molar-refractivity contribution in [1.82, 2.24) is 0 Å². The summed E-state index contributed by atoms with van der Waals surface area (Å²) in [6.07, 6.45) is 5.37. The van der Waals surface area contributed by atoms with Gasteiger partial charge in [0.15, 0.2) is 0 Å². The van der Waals surface area contributed by atoms with Gasteiger partial charge >= 0.3 is 0 Å². The molecule has 13 heavy (non-hydrogen) atoms. The molecule has 0 amide bonds. The second-order valence-electron chi connectivity index (χ2n) is 3.32. The van der Waals surface area contributed by atoms with Crippen molar-refractivity contribution in [3.8, 4) is 0 Å². The lowest BCUT2D eigenvalue weighted by atomic mass is 10.1. The van der Waals surface area contributed by atoms with Gasteiger partial charge in [-0.1, -0.05) is 35.9 Å². The Morgan fingerprint density at radius 3 is 2.54 bits per heavy atom. The summed E-state index contributed by atoms with van der Waals surface area (Å²) in [5.74, 6) is 0. The molecule has 0 unspecified atom stereocenters. The van der Waals surface area contributed by atoms with Crippen LogP contribution in [0.5, 0.6) is 0 Å².